The van der Waals surface area contributed by atoms with E-state index in [4.69, 9.17) is 12.2 Å². The van der Waals surface area contributed by atoms with E-state index in [0.717, 1.165) is 11.6 Å². The Labute approximate surface area is 227 Å². The number of amides is 1. The molecule has 184 valence electrons. The van der Waals surface area contributed by atoms with E-state index in [0.29, 0.717) is 31.5 Å². The minimum absolute atomic E-state index is 0.0777. The third-order valence-corrected chi connectivity index (χ3v) is 9.96. The van der Waals surface area contributed by atoms with Crippen LogP contribution in [0.5, 0.6) is 0 Å². The highest BCUT2D eigenvalue weighted by molar-refractivity contribution is 8.30. The van der Waals surface area contributed by atoms with Gasteiger partial charge in [0, 0.05) is 24.5 Å². The predicted octanol–water partition coefficient (Wildman–Crippen LogP) is 4.84. The van der Waals surface area contributed by atoms with E-state index in [1.165, 1.54) is 44.8 Å². The van der Waals surface area contributed by atoms with E-state index < -0.39 is 0 Å². The Morgan fingerprint density at radius 3 is 2.28 bits per heavy atom. The van der Waals surface area contributed by atoms with E-state index in [9.17, 15) is 9.59 Å². The Morgan fingerprint density at radius 1 is 0.861 bits per heavy atom. The van der Waals surface area contributed by atoms with Crippen LogP contribution >= 0.6 is 47.1 Å². The molecule has 0 saturated carbocycles. The Balaban J connectivity index is 1.55. The molecule has 0 atom stereocenters. The summed E-state index contributed by atoms with van der Waals surface area (Å²) in [5.74, 6) is -0.117. The highest BCUT2D eigenvalue weighted by Gasteiger charge is 2.33. The minimum atomic E-state index is -0.117. The van der Waals surface area contributed by atoms with Gasteiger partial charge in [-0.25, -0.2) is 0 Å². The number of aromatic nitrogens is 1. The van der Waals surface area contributed by atoms with Crippen LogP contribution < -0.4 is 19.7 Å². The zero-order chi connectivity index (χ0) is 25.4. The van der Waals surface area contributed by atoms with Gasteiger partial charge in [-0.2, -0.15) is 0 Å². The molecule has 36 heavy (non-hydrogen) atoms. The molecule has 0 N–H and O–H groups in total. The molecule has 0 bridgehead atoms. The van der Waals surface area contributed by atoms with Crippen LogP contribution in [0.4, 0.5) is 5.69 Å². The SMILES string of the molecule is CCN1C(=O)/C(=c2/s/c(=C\C=C3\Sc4ccc(-c5ccccc5)cc4N3CC)c(=O)n2CC)SC1=S. The molecule has 3 aromatic rings. The average Bonchev–Trinajstić information content (AvgIpc) is 3.51. The van der Waals surface area contributed by atoms with Crippen molar-refractivity contribution in [3.05, 3.63) is 79.2 Å². The molecular weight excluding hydrogens is 527 g/mol. The Hall–Kier alpha value is -2.59. The monoisotopic (exact) mass is 551 g/mol. The van der Waals surface area contributed by atoms with Crippen LogP contribution in [0.15, 0.2) is 69.3 Å². The van der Waals surface area contributed by atoms with E-state index in [2.05, 4.69) is 54.3 Å². The Morgan fingerprint density at radius 2 is 1.61 bits per heavy atom. The number of hydrogen-bond donors (Lipinski definition) is 0. The lowest BCUT2D eigenvalue weighted by atomic mass is 10.0. The van der Waals surface area contributed by atoms with Crippen LogP contribution in [0.1, 0.15) is 20.8 Å². The largest absolute Gasteiger partial charge is 0.335 e. The van der Waals surface area contributed by atoms with Crippen molar-refractivity contribution in [2.75, 3.05) is 18.0 Å². The summed E-state index contributed by atoms with van der Waals surface area (Å²) in [4.78, 5) is 31.7. The fourth-order valence-corrected chi connectivity index (χ4v) is 8.05. The first kappa shape index (κ1) is 25.1. The van der Waals surface area contributed by atoms with Gasteiger partial charge >= 0.3 is 0 Å². The quantitative estimate of drug-likeness (QED) is 0.423. The highest BCUT2D eigenvalue weighted by Crippen LogP contribution is 2.47. The zero-order valence-electron chi connectivity index (χ0n) is 20.2. The number of anilines is 1. The molecule has 2 aromatic carbocycles. The molecule has 0 radical (unpaired) electrons. The average molecular weight is 552 g/mol. The smallest absolute Gasteiger partial charge is 0.269 e. The van der Waals surface area contributed by atoms with Crippen molar-refractivity contribution in [1.29, 1.82) is 0 Å². The summed E-state index contributed by atoms with van der Waals surface area (Å²) in [5, 5.41) is 1.08. The summed E-state index contributed by atoms with van der Waals surface area (Å²) in [7, 11) is 0. The number of thiazole rings is 1. The predicted molar refractivity (Wildman–Crippen MR) is 158 cm³/mol. The number of carbonyl (C=O) groups excluding carboxylic acids is 1. The number of allylic oxidation sites excluding steroid dienone is 1. The third-order valence-electron chi connectivity index (χ3n) is 6.11. The lowest BCUT2D eigenvalue weighted by molar-refractivity contribution is -0.120. The summed E-state index contributed by atoms with van der Waals surface area (Å²) in [6.45, 7) is 7.80. The molecule has 1 saturated heterocycles. The van der Waals surface area contributed by atoms with Gasteiger partial charge in [-0.15, -0.1) is 11.3 Å². The molecule has 9 heteroatoms. The standard InChI is InChI=1S/C27H25N3O2S4/c1-4-28-19-16-18(17-10-8-7-9-11-17)12-13-20(19)34-22(28)15-14-21-24(31)29(5-2)26(35-21)23-25(32)30(6-3)27(33)36-23/h7-16H,4-6H2,1-3H3/b21-14-,22-15+,26-23-. The number of thioether (sulfide) groups is 2. The third kappa shape index (κ3) is 4.38. The van der Waals surface area contributed by atoms with Gasteiger partial charge in [0.1, 0.15) is 13.9 Å². The molecule has 1 fully saturated rings. The fourth-order valence-electron chi connectivity index (χ4n) is 4.30. The Bertz CT molecular complexity index is 1570. The van der Waals surface area contributed by atoms with Crippen LogP contribution in [-0.2, 0) is 11.3 Å². The molecule has 2 aliphatic heterocycles. The molecule has 1 aromatic heterocycles. The molecule has 5 rings (SSSR count). The molecule has 1 amide bonds. The first-order valence-electron chi connectivity index (χ1n) is 11.8. The molecular formula is C27H25N3O2S4. The summed E-state index contributed by atoms with van der Waals surface area (Å²) in [6.07, 6.45) is 3.91. The molecule has 2 aliphatic rings. The van der Waals surface area contributed by atoms with Crippen LogP contribution in [0, 0.1) is 0 Å². The van der Waals surface area contributed by atoms with E-state index in [1.54, 1.807) is 21.2 Å². The van der Waals surface area contributed by atoms with Gasteiger partial charge in [-0.05, 0) is 56.2 Å². The first-order chi connectivity index (χ1) is 17.5. The summed E-state index contributed by atoms with van der Waals surface area (Å²) < 4.78 is 3.51. The lowest BCUT2D eigenvalue weighted by Crippen LogP contribution is -2.33. The number of rotatable bonds is 5. The molecule has 3 heterocycles. The van der Waals surface area contributed by atoms with Crippen LogP contribution in [0.3, 0.4) is 0 Å². The number of thiocarbonyl (C=S) groups is 1. The summed E-state index contributed by atoms with van der Waals surface area (Å²) in [5.41, 5.74) is 3.47. The molecule has 0 spiro atoms. The second kappa shape index (κ2) is 10.4. The van der Waals surface area contributed by atoms with Gasteiger partial charge in [-0.1, -0.05) is 72.1 Å². The first-order valence-corrected chi connectivity index (χ1v) is 14.7. The van der Waals surface area contributed by atoms with E-state index in [-0.39, 0.29) is 11.5 Å². The molecule has 5 nitrogen and oxygen atoms in total. The van der Waals surface area contributed by atoms with Gasteiger partial charge in [0.15, 0.2) is 0 Å². The van der Waals surface area contributed by atoms with Crippen molar-refractivity contribution in [1.82, 2.24) is 9.47 Å². The van der Waals surface area contributed by atoms with Gasteiger partial charge in [-0.3, -0.25) is 19.1 Å². The normalized spacial score (nSPS) is 18.6. The molecule has 0 unspecified atom stereocenters. The number of hydrogen-bond acceptors (Lipinski definition) is 7. The summed E-state index contributed by atoms with van der Waals surface area (Å²) >= 11 is 9.73. The van der Waals surface area contributed by atoms with Crippen LogP contribution in [0.25, 0.3) is 22.1 Å². The maximum atomic E-state index is 13.2. The second-order valence-electron chi connectivity index (χ2n) is 8.13. The zero-order valence-corrected chi connectivity index (χ0v) is 23.5. The van der Waals surface area contributed by atoms with Crippen LogP contribution in [-0.4, -0.2) is 32.8 Å². The maximum absolute atomic E-state index is 13.2. The van der Waals surface area contributed by atoms with Crippen molar-refractivity contribution in [2.24, 2.45) is 0 Å². The van der Waals surface area contributed by atoms with Crippen molar-refractivity contribution in [2.45, 2.75) is 32.2 Å². The highest BCUT2D eigenvalue weighted by atomic mass is 32.2. The fraction of sp³-hybridized carbons (Fsp3) is 0.222. The van der Waals surface area contributed by atoms with Crippen molar-refractivity contribution in [3.63, 3.8) is 0 Å². The maximum Gasteiger partial charge on any atom is 0.269 e. The topological polar surface area (TPSA) is 45.6 Å². The summed E-state index contributed by atoms with van der Waals surface area (Å²) in [6, 6.07) is 16.9. The molecule has 0 aliphatic carbocycles. The van der Waals surface area contributed by atoms with E-state index in [1.807, 2.05) is 32.1 Å². The van der Waals surface area contributed by atoms with Gasteiger partial charge in [0.25, 0.3) is 11.5 Å². The number of nitrogens with zero attached hydrogens (tertiary/aromatic N) is 3. The van der Waals surface area contributed by atoms with E-state index >= 15 is 0 Å². The van der Waals surface area contributed by atoms with Gasteiger partial charge < -0.3 is 4.90 Å². The van der Waals surface area contributed by atoms with Crippen molar-refractivity contribution < 1.29 is 4.79 Å². The number of carbonyl (C=O) groups is 1. The van der Waals surface area contributed by atoms with Crippen LogP contribution in [0.2, 0.25) is 0 Å². The number of benzene rings is 2. The minimum Gasteiger partial charge on any atom is -0.335 e. The van der Waals surface area contributed by atoms with Gasteiger partial charge in [0.2, 0.25) is 0 Å². The second-order valence-corrected chi connectivity index (χ2v) is 11.9. The lowest BCUT2D eigenvalue weighted by Gasteiger charge is -2.18. The van der Waals surface area contributed by atoms with Crippen molar-refractivity contribution in [3.8, 4) is 11.1 Å². The van der Waals surface area contributed by atoms with Crippen molar-refractivity contribution >= 4 is 74.0 Å². The number of fused-ring (bicyclic) bond motifs is 1. The van der Waals surface area contributed by atoms with Gasteiger partial charge in [0.05, 0.1) is 15.2 Å². The Kier molecular flexibility index (Phi) is 7.25.